The minimum absolute atomic E-state index is 0.0133. The van der Waals surface area contributed by atoms with E-state index in [-0.39, 0.29) is 18.9 Å². The molecule has 2 N–H and O–H groups in total. The summed E-state index contributed by atoms with van der Waals surface area (Å²) in [4.78, 5) is 15.9. The van der Waals surface area contributed by atoms with Gasteiger partial charge >= 0.3 is 0 Å². The molecular formula is C19H24N2O7S. The van der Waals surface area contributed by atoms with Crippen LogP contribution in [0, 0.1) is 0 Å². The molecule has 10 heteroatoms. The summed E-state index contributed by atoms with van der Waals surface area (Å²) < 4.78 is 40.3. The summed E-state index contributed by atoms with van der Waals surface area (Å²) in [5.74, 6) is -0.209. The molecule has 9 nitrogen and oxygen atoms in total. The van der Waals surface area contributed by atoms with Crippen LogP contribution in [0.3, 0.4) is 0 Å². The summed E-state index contributed by atoms with van der Waals surface area (Å²) in [6.45, 7) is -0.239. The third-order valence-electron chi connectivity index (χ3n) is 3.96. The predicted molar refractivity (Wildman–Crippen MR) is 107 cm³/mol. The van der Waals surface area contributed by atoms with Crippen molar-refractivity contribution in [3.05, 3.63) is 36.0 Å². The molecule has 2 rings (SSSR count). The lowest BCUT2D eigenvalue weighted by molar-refractivity contribution is -0.118. The number of methoxy groups -OCH3 is 3. The van der Waals surface area contributed by atoms with Gasteiger partial charge < -0.3 is 24.6 Å². The van der Waals surface area contributed by atoms with Crippen molar-refractivity contribution >= 4 is 15.7 Å². The Morgan fingerprint density at radius 1 is 1.10 bits per heavy atom. The first-order valence-electron chi connectivity index (χ1n) is 8.66. The van der Waals surface area contributed by atoms with Crippen molar-refractivity contribution in [2.45, 2.75) is 5.75 Å². The first-order chi connectivity index (χ1) is 13.8. The molecule has 2 aromatic rings. The molecule has 0 atom stereocenters. The van der Waals surface area contributed by atoms with E-state index in [1.165, 1.54) is 27.5 Å². The number of hydrogen-bond donors (Lipinski definition) is 2. The first kappa shape index (κ1) is 22.4. The predicted octanol–water partition coefficient (Wildman–Crippen LogP) is 0.798. The number of hydrogen-bond acceptors (Lipinski definition) is 8. The molecule has 1 aromatic heterocycles. The number of pyridine rings is 1. The summed E-state index contributed by atoms with van der Waals surface area (Å²) in [5.41, 5.74) is 1.75. The maximum absolute atomic E-state index is 12.2. The normalized spacial score (nSPS) is 11.0. The van der Waals surface area contributed by atoms with Gasteiger partial charge in [-0.1, -0.05) is 6.07 Å². The van der Waals surface area contributed by atoms with Crippen molar-refractivity contribution in [3.8, 4) is 28.5 Å². The van der Waals surface area contributed by atoms with Gasteiger partial charge in [0.1, 0.15) is 5.75 Å². The number of carbonyl (C=O) groups excluding carboxylic acids is 1. The highest BCUT2D eigenvalue weighted by Crippen LogP contribution is 2.40. The van der Waals surface area contributed by atoms with Crippen molar-refractivity contribution in [2.75, 3.05) is 40.2 Å². The highest BCUT2D eigenvalue weighted by Gasteiger charge is 2.18. The fourth-order valence-corrected chi connectivity index (χ4v) is 3.94. The van der Waals surface area contributed by atoms with Crippen LogP contribution in [-0.2, 0) is 20.4 Å². The Kier molecular flexibility index (Phi) is 7.80. The van der Waals surface area contributed by atoms with Gasteiger partial charge in [0.05, 0.1) is 39.4 Å². The average molecular weight is 424 g/mol. The Labute approximate surface area is 169 Å². The molecule has 29 heavy (non-hydrogen) atoms. The van der Waals surface area contributed by atoms with E-state index in [1.54, 1.807) is 24.3 Å². The van der Waals surface area contributed by atoms with E-state index in [0.29, 0.717) is 34.1 Å². The molecular weight excluding hydrogens is 400 g/mol. The molecule has 1 aromatic carbocycles. The van der Waals surface area contributed by atoms with Crippen LogP contribution in [0.25, 0.3) is 11.3 Å². The Balaban J connectivity index is 2.19. The molecule has 158 valence electrons. The number of sulfone groups is 1. The number of carbonyl (C=O) groups is 1. The van der Waals surface area contributed by atoms with Crippen molar-refractivity contribution in [1.29, 1.82) is 0 Å². The Morgan fingerprint density at radius 2 is 1.76 bits per heavy atom. The largest absolute Gasteiger partial charge is 0.493 e. The van der Waals surface area contributed by atoms with Crippen molar-refractivity contribution < 1.29 is 32.5 Å². The lowest BCUT2D eigenvalue weighted by atomic mass is 10.1. The lowest BCUT2D eigenvalue weighted by Crippen LogP contribution is -2.32. The fourth-order valence-electron chi connectivity index (χ4n) is 2.66. The number of aromatic nitrogens is 1. The van der Waals surface area contributed by atoms with E-state index in [2.05, 4.69) is 10.3 Å². The van der Waals surface area contributed by atoms with E-state index in [4.69, 9.17) is 19.3 Å². The van der Waals surface area contributed by atoms with Gasteiger partial charge in [0.25, 0.3) is 0 Å². The van der Waals surface area contributed by atoms with Crippen LogP contribution in [0.15, 0.2) is 30.5 Å². The molecule has 0 spiro atoms. The number of nitrogens with one attached hydrogen (secondary N) is 1. The van der Waals surface area contributed by atoms with E-state index in [0.717, 1.165) is 0 Å². The Bertz CT molecular complexity index is 919. The van der Waals surface area contributed by atoms with Gasteiger partial charge in [0, 0.05) is 18.3 Å². The standard InChI is InChI=1S/C19H24N2O7S/c1-26-16-8-14(9-17(27-2)19(16)28-3)15-5-4-13(10-21-15)11-29(24,25)12-18(23)20-6-7-22/h4-5,8-10,22H,6-7,11-12H2,1-3H3,(H,20,23). The fraction of sp³-hybridized carbons (Fsp3) is 0.368. The quantitative estimate of drug-likeness (QED) is 0.574. The van der Waals surface area contributed by atoms with Crippen LogP contribution < -0.4 is 19.5 Å². The number of benzene rings is 1. The minimum atomic E-state index is -3.66. The third kappa shape index (κ3) is 6.06. The van der Waals surface area contributed by atoms with E-state index >= 15 is 0 Å². The zero-order valence-corrected chi connectivity index (χ0v) is 17.3. The van der Waals surface area contributed by atoms with Crippen molar-refractivity contribution in [1.82, 2.24) is 10.3 Å². The van der Waals surface area contributed by atoms with Crippen LogP contribution in [0.5, 0.6) is 17.2 Å². The van der Waals surface area contributed by atoms with Crippen molar-refractivity contribution in [2.24, 2.45) is 0 Å². The minimum Gasteiger partial charge on any atom is -0.493 e. The maximum Gasteiger partial charge on any atom is 0.235 e. The van der Waals surface area contributed by atoms with Crippen LogP contribution in [0.1, 0.15) is 5.56 Å². The Morgan fingerprint density at radius 3 is 2.24 bits per heavy atom. The van der Waals surface area contributed by atoms with Gasteiger partial charge in [-0.3, -0.25) is 9.78 Å². The third-order valence-corrected chi connectivity index (χ3v) is 5.43. The molecule has 0 saturated heterocycles. The molecule has 0 bridgehead atoms. The van der Waals surface area contributed by atoms with Crippen LogP contribution in [0.2, 0.25) is 0 Å². The zero-order valence-electron chi connectivity index (χ0n) is 16.5. The number of aliphatic hydroxyl groups excluding tert-OH is 1. The number of amides is 1. The lowest BCUT2D eigenvalue weighted by Gasteiger charge is -2.14. The van der Waals surface area contributed by atoms with Gasteiger partial charge in [0.2, 0.25) is 11.7 Å². The Hall–Kier alpha value is -2.85. The van der Waals surface area contributed by atoms with E-state index in [1.807, 2.05) is 0 Å². The van der Waals surface area contributed by atoms with E-state index in [9.17, 15) is 13.2 Å². The number of ether oxygens (including phenoxy) is 3. The molecule has 0 aliphatic carbocycles. The van der Waals surface area contributed by atoms with Gasteiger partial charge in [-0.2, -0.15) is 0 Å². The summed E-state index contributed by atoms with van der Waals surface area (Å²) in [6.07, 6.45) is 1.45. The molecule has 0 unspecified atom stereocenters. The number of aliphatic hydroxyl groups is 1. The number of rotatable bonds is 10. The van der Waals surface area contributed by atoms with E-state index < -0.39 is 21.5 Å². The second kappa shape index (κ2) is 10.1. The summed E-state index contributed by atoms with van der Waals surface area (Å²) in [6, 6.07) is 6.79. The zero-order chi connectivity index (χ0) is 21.4. The molecule has 0 aliphatic heterocycles. The van der Waals surface area contributed by atoms with Gasteiger partial charge in [0.15, 0.2) is 21.3 Å². The van der Waals surface area contributed by atoms with Gasteiger partial charge in [-0.25, -0.2) is 8.42 Å². The molecule has 1 amide bonds. The molecule has 0 aliphatic rings. The first-order valence-corrected chi connectivity index (χ1v) is 10.5. The second-order valence-corrected chi connectivity index (χ2v) is 8.14. The smallest absolute Gasteiger partial charge is 0.235 e. The number of nitrogens with zero attached hydrogens (tertiary/aromatic N) is 1. The molecule has 0 fully saturated rings. The van der Waals surface area contributed by atoms with Crippen LogP contribution >= 0.6 is 0 Å². The summed E-state index contributed by atoms with van der Waals surface area (Å²) >= 11 is 0. The van der Waals surface area contributed by atoms with Gasteiger partial charge in [-0.05, 0) is 23.8 Å². The molecule has 0 radical (unpaired) electrons. The SMILES string of the molecule is COc1cc(-c2ccc(CS(=O)(=O)CC(=O)NCCO)cn2)cc(OC)c1OC. The van der Waals surface area contributed by atoms with Crippen LogP contribution in [-0.4, -0.2) is 64.6 Å². The van der Waals surface area contributed by atoms with Crippen molar-refractivity contribution in [3.63, 3.8) is 0 Å². The highest BCUT2D eigenvalue weighted by atomic mass is 32.2. The monoisotopic (exact) mass is 424 g/mol. The average Bonchev–Trinajstić information content (AvgIpc) is 2.70. The van der Waals surface area contributed by atoms with Gasteiger partial charge in [-0.15, -0.1) is 0 Å². The summed E-state index contributed by atoms with van der Waals surface area (Å²) in [5, 5.41) is 11.0. The second-order valence-electron chi connectivity index (χ2n) is 6.07. The molecule has 0 saturated carbocycles. The van der Waals surface area contributed by atoms with Crippen LogP contribution in [0.4, 0.5) is 0 Å². The molecule has 1 heterocycles. The topological polar surface area (TPSA) is 124 Å². The summed E-state index contributed by atoms with van der Waals surface area (Å²) in [7, 11) is 0.875. The maximum atomic E-state index is 12.2. The highest BCUT2D eigenvalue weighted by molar-refractivity contribution is 7.91.